The Labute approximate surface area is 127 Å². The molecule has 1 amide bonds. The first-order valence-corrected chi connectivity index (χ1v) is 7.44. The van der Waals surface area contributed by atoms with E-state index in [0.717, 1.165) is 10.0 Å². The van der Waals surface area contributed by atoms with Crippen LogP contribution in [0.2, 0.25) is 0 Å². The van der Waals surface area contributed by atoms with Gasteiger partial charge in [0, 0.05) is 10.9 Å². The third kappa shape index (κ3) is 6.19. The number of aryl methyl sites for hydroxylation is 1. The van der Waals surface area contributed by atoms with Gasteiger partial charge in [0.1, 0.15) is 6.04 Å². The van der Waals surface area contributed by atoms with E-state index in [1.807, 2.05) is 38.1 Å². The minimum absolute atomic E-state index is 0.221. The van der Waals surface area contributed by atoms with Gasteiger partial charge >= 0.3 is 5.97 Å². The van der Waals surface area contributed by atoms with Crippen LogP contribution in [0.5, 0.6) is 0 Å². The monoisotopic (exact) mass is 341 g/mol. The average molecular weight is 342 g/mol. The van der Waals surface area contributed by atoms with Crippen LogP contribution < -0.4 is 5.32 Å². The van der Waals surface area contributed by atoms with Gasteiger partial charge in [-0.2, -0.15) is 0 Å². The molecular weight excluding hydrogens is 322 g/mol. The van der Waals surface area contributed by atoms with Gasteiger partial charge in [-0.1, -0.05) is 41.9 Å². The summed E-state index contributed by atoms with van der Waals surface area (Å²) in [6, 6.07) is 6.94. The zero-order chi connectivity index (χ0) is 15.1. The summed E-state index contributed by atoms with van der Waals surface area (Å²) in [5.41, 5.74) is 1.05. The van der Waals surface area contributed by atoms with Crippen molar-refractivity contribution in [3.63, 3.8) is 0 Å². The zero-order valence-electron chi connectivity index (χ0n) is 11.7. The number of benzene rings is 1. The molecule has 0 spiro atoms. The summed E-state index contributed by atoms with van der Waals surface area (Å²) in [7, 11) is 0. The number of hydrogen-bond donors (Lipinski definition) is 2. The highest BCUT2D eigenvalue weighted by atomic mass is 79.9. The first-order chi connectivity index (χ1) is 9.38. The van der Waals surface area contributed by atoms with Crippen molar-refractivity contribution in [3.05, 3.63) is 34.3 Å². The molecule has 0 aliphatic carbocycles. The molecule has 0 saturated carbocycles. The topological polar surface area (TPSA) is 66.4 Å². The van der Waals surface area contributed by atoms with Crippen LogP contribution in [0.3, 0.4) is 0 Å². The van der Waals surface area contributed by atoms with Gasteiger partial charge in [0.25, 0.3) is 0 Å². The highest BCUT2D eigenvalue weighted by molar-refractivity contribution is 9.10. The lowest BCUT2D eigenvalue weighted by Crippen LogP contribution is -2.41. The van der Waals surface area contributed by atoms with E-state index in [1.54, 1.807) is 0 Å². The molecule has 20 heavy (non-hydrogen) atoms. The normalized spacial score (nSPS) is 12.2. The van der Waals surface area contributed by atoms with Crippen molar-refractivity contribution in [1.82, 2.24) is 5.32 Å². The summed E-state index contributed by atoms with van der Waals surface area (Å²) in [5, 5.41) is 11.6. The van der Waals surface area contributed by atoms with Crippen molar-refractivity contribution in [2.45, 2.75) is 39.2 Å². The number of rotatable bonds is 7. The SMILES string of the molecule is CC(C)C[C@H](NC(=O)CCc1ccc(Br)cc1)C(=O)O. The molecule has 0 saturated heterocycles. The van der Waals surface area contributed by atoms with Gasteiger partial charge < -0.3 is 10.4 Å². The van der Waals surface area contributed by atoms with Crippen LogP contribution in [0.4, 0.5) is 0 Å². The Morgan fingerprint density at radius 3 is 2.35 bits per heavy atom. The minimum Gasteiger partial charge on any atom is -0.480 e. The molecule has 1 aromatic rings. The van der Waals surface area contributed by atoms with Crippen LogP contribution in [-0.4, -0.2) is 23.0 Å². The summed E-state index contributed by atoms with van der Waals surface area (Å²) in [4.78, 5) is 22.9. The van der Waals surface area contributed by atoms with Crippen LogP contribution in [0, 0.1) is 5.92 Å². The van der Waals surface area contributed by atoms with Crippen molar-refractivity contribution in [1.29, 1.82) is 0 Å². The largest absolute Gasteiger partial charge is 0.480 e. The Morgan fingerprint density at radius 1 is 1.25 bits per heavy atom. The van der Waals surface area contributed by atoms with E-state index in [9.17, 15) is 9.59 Å². The fourth-order valence-electron chi connectivity index (χ4n) is 1.87. The number of aliphatic carboxylic acids is 1. The lowest BCUT2D eigenvalue weighted by atomic mass is 10.0. The number of halogens is 1. The maximum atomic E-state index is 11.8. The molecule has 1 rings (SSSR count). The van der Waals surface area contributed by atoms with E-state index in [2.05, 4.69) is 21.2 Å². The second-order valence-electron chi connectivity index (χ2n) is 5.21. The van der Waals surface area contributed by atoms with Crippen molar-refractivity contribution < 1.29 is 14.7 Å². The molecule has 0 aliphatic heterocycles. The summed E-state index contributed by atoms with van der Waals surface area (Å²) in [6.07, 6.45) is 1.34. The predicted octanol–water partition coefficient (Wildman–Crippen LogP) is 3.00. The number of carboxylic acid groups (broad SMARTS) is 1. The molecule has 1 atom stereocenters. The fourth-order valence-corrected chi connectivity index (χ4v) is 2.13. The summed E-state index contributed by atoms with van der Waals surface area (Å²) in [5.74, 6) is -0.973. The van der Waals surface area contributed by atoms with Gasteiger partial charge in [0.2, 0.25) is 5.91 Å². The lowest BCUT2D eigenvalue weighted by Gasteiger charge is -2.16. The zero-order valence-corrected chi connectivity index (χ0v) is 13.3. The lowest BCUT2D eigenvalue weighted by molar-refractivity contribution is -0.142. The van der Waals surface area contributed by atoms with Crippen molar-refractivity contribution in [2.24, 2.45) is 5.92 Å². The molecule has 0 heterocycles. The van der Waals surface area contributed by atoms with E-state index in [1.165, 1.54) is 0 Å². The highest BCUT2D eigenvalue weighted by Crippen LogP contribution is 2.12. The van der Waals surface area contributed by atoms with Crippen molar-refractivity contribution in [2.75, 3.05) is 0 Å². The molecule has 0 bridgehead atoms. The molecule has 110 valence electrons. The van der Waals surface area contributed by atoms with Crippen LogP contribution >= 0.6 is 15.9 Å². The quantitative estimate of drug-likeness (QED) is 0.801. The van der Waals surface area contributed by atoms with Crippen LogP contribution in [0.15, 0.2) is 28.7 Å². The number of carbonyl (C=O) groups is 2. The molecule has 5 heteroatoms. The Morgan fingerprint density at radius 2 is 1.85 bits per heavy atom. The van der Waals surface area contributed by atoms with E-state index < -0.39 is 12.0 Å². The molecule has 0 aliphatic rings. The first kappa shape index (κ1) is 16.7. The molecule has 4 nitrogen and oxygen atoms in total. The predicted molar refractivity (Wildman–Crippen MR) is 81.5 cm³/mol. The summed E-state index contributed by atoms with van der Waals surface area (Å²) < 4.78 is 0.994. The van der Waals surface area contributed by atoms with E-state index >= 15 is 0 Å². The Bertz CT molecular complexity index is 457. The maximum absolute atomic E-state index is 11.8. The van der Waals surface area contributed by atoms with E-state index in [4.69, 9.17) is 5.11 Å². The summed E-state index contributed by atoms with van der Waals surface area (Å²) in [6.45, 7) is 3.87. The molecule has 0 unspecified atom stereocenters. The molecule has 0 fully saturated rings. The number of amides is 1. The minimum atomic E-state index is -0.976. The smallest absolute Gasteiger partial charge is 0.326 e. The Kier molecular flexibility index (Phi) is 6.71. The van der Waals surface area contributed by atoms with Crippen molar-refractivity contribution in [3.8, 4) is 0 Å². The Hall–Kier alpha value is -1.36. The number of nitrogens with one attached hydrogen (secondary N) is 1. The highest BCUT2D eigenvalue weighted by Gasteiger charge is 2.20. The molecular formula is C15H20BrNO3. The number of hydrogen-bond acceptors (Lipinski definition) is 2. The van der Waals surface area contributed by atoms with Gasteiger partial charge in [-0.25, -0.2) is 4.79 Å². The number of carbonyl (C=O) groups excluding carboxylic acids is 1. The Balaban J connectivity index is 2.45. The molecule has 0 aromatic heterocycles. The first-order valence-electron chi connectivity index (χ1n) is 6.65. The van der Waals surface area contributed by atoms with E-state index in [0.29, 0.717) is 19.3 Å². The standard InChI is InChI=1S/C15H20BrNO3/c1-10(2)9-13(15(19)20)17-14(18)8-5-11-3-6-12(16)7-4-11/h3-4,6-7,10,13H,5,8-9H2,1-2H3,(H,17,18)(H,19,20)/t13-/m0/s1. The molecule has 2 N–H and O–H groups in total. The van der Waals surface area contributed by atoms with Gasteiger partial charge in [-0.3, -0.25) is 4.79 Å². The molecule has 0 radical (unpaired) electrons. The van der Waals surface area contributed by atoms with Crippen molar-refractivity contribution >= 4 is 27.8 Å². The van der Waals surface area contributed by atoms with Gasteiger partial charge in [-0.15, -0.1) is 0 Å². The second kappa shape index (κ2) is 8.04. The molecule has 1 aromatic carbocycles. The third-order valence-electron chi connectivity index (χ3n) is 2.89. The van der Waals surface area contributed by atoms with Crippen LogP contribution in [-0.2, 0) is 16.0 Å². The van der Waals surface area contributed by atoms with Gasteiger partial charge in [-0.05, 0) is 36.5 Å². The van der Waals surface area contributed by atoms with Crippen LogP contribution in [0.25, 0.3) is 0 Å². The fraction of sp³-hybridized carbons (Fsp3) is 0.467. The average Bonchev–Trinajstić information content (AvgIpc) is 2.36. The summed E-state index contributed by atoms with van der Waals surface area (Å²) >= 11 is 3.35. The van der Waals surface area contributed by atoms with Gasteiger partial charge in [0.15, 0.2) is 0 Å². The second-order valence-corrected chi connectivity index (χ2v) is 6.13. The maximum Gasteiger partial charge on any atom is 0.326 e. The third-order valence-corrected chi connectivity index (χ3v) is 3.42. The number of carboxylic acids is 1. The van der Waals surface area contributed by atoms with Crippen LogP contribution in [0.1, 0.15) is 32.3 Å². The van der Waals surface area contributed by atoms with Gasteiger partial charge in [0.05, 0.1) is 0 Å². The van der Waals surface area contributed by atoms with E-state index in [-0.39, 0.29) is 11.8 Å².